The summed E-state index contributed by atoms with van der Waals surface area (Å²) in [5.41, 5.74) is 1.19. The van der Waals surface area contributed by atoms with Crippen molar-refractivity contribution in [1.29, 1.82) is 0 Å². The lowest BCUT2D eigenvalue weighted by Crippen LogP contribution is -2.13. The van der Waals surface area contributed by atoms with Crippen LogP contribution in [0.2, 0.25) is 0 Å². The van der Waals surface area contributed by atoms with Gasteiger partial charge in [-0.1, -0.05) is 18.2 Å². The van der Waals surface area contributed by atoms with Gasteiger partial charge in [-0.25, -0.2) is 4.98 Å². The summed E-state index contributed by atoms with van der Waals surface area (Å²) in [6.07, 6.45) is 0. The first-order chi connectivity index (χ1) is 11.1. The van der Waals surface area contributed by atoms with Gasteiger partial charge in [0.15, 0.2) is 0 Å². The third kappa shape index (κ3) is 3.76. The number of carbonyl (C=O) groups is 1. The van der Waals surface area contributed by atoms with Crippen LogP contribution in [0.4, 0.5) is 5.69 Å². The molecular formula is C18H16N2O2S. The molecule has 23 heavy (non-hydrogen) atoms. The minimum atomic E-state index is -0.191. The molecule has 5 heteroatoms. The van der Waals surface area contributed by atoms with E-state index in [0.717, 1.165) is 21.4 Å². The number of aryl methyl sites for hydroxylation is 2. The van der Waals surface area contributed by atoms with Gasteiger partial charge in [0.1, 0.15) is 17.2 Å². The number of ether oxygens (including phenoxy) is 1. The monoisotopic (exact) mass is 324 g/mol. The Bertz CT molecular complexity index is 811. The smallest absolute Gasteiger partial charge is 0.275 e. The van der Waals surface area contributed by atoms with Gasteiger partial charge in [-0.15, -0.1) is 11.3 Å². The van der Waals surface area contributed by atoms with Gasteiger partial charge in [0.2, 0.25) is 0 Å². The summed E-state index contributed by atoms with van der Waals surface area (Å²) in [5, 5.41) is 3.74. The highest BCUT2D eigenvalue weighted by atomic mass is 32.1. The number of hydrogen-bond donors (Lipinski definition) is 1. The molecule has 3 aromatic rings. The molecule has 0 fully saturated rings. The van der Waals surface area contributed by atoms with Crippen LogP contribution < -0.4 is 10.1 Å². The van der Waals surface area contributed by atoms with Gasteiger partial charge in [-0.05, 0) is 50.2 Å². The number of amides is 1. The standard InChI is InChI=1S/C18H16N2O2S/c1-12-17(19-13(2)23-12)18(21)20-14-8-10-16(11-9-14)22-15-6-4-3-5-7-15/h3-11H,1-2H3,(H,20,21). The van der Waals surface area contributed by atoms with Crippen LogP contribution in [0.3, 0.4) is 0 Å². The van der Waals surface area contributed by atoms with Crippen molar-refractivity contribution >= 4 is 22.9 Å². The van der Waals surface area contributed by atoms with Gasteiger partial charge < -0.3 is 10.1 Å². The fourth-order valence-electron chi connectivity index (χ4n) is 2.16. The predicted octanol–water partition coefficient (Wildman–Crippen LogP) is 4.80. The maximum Gasteiger partial charge on any atom is 0.275 e. The molecule has 0 unspecified atom stereocenters. The van der Waals surface area contributed by atoms with Crippen LogP contribution in [0.25, 0.3) is 0 Å². The number of hydrogen-bond acceptors (Lipinski definition) is 4. The van der Waals surface area contributed by atoms with Crippen molar-refractivity contribution in [2.75, 3.05) is 5.32 Å². The van der Waals surface area contributed by atoms with Crippen LogP contribution in [0.5, 0.6) is 11.5 Å². The first-order valence-corrected chi connectivity index (χ1v) is 8.02. The quantitative estimate of drug-likeness (QED) is 0.749. The lowest BCUT2D eigenvalue weighted by molar-refractivity contribution is 0.102. The van der Waals surface area contributed by atoms with E-state index in [4.69, 9.17) is 4.74 Å². The number of rotatable bonds is 4. The van der Waals surface area contributed by atoms with Gasteiger partial charge in [0.25, 0.3) is 5.91 Å². The normalized spacial score (nSPS) is 10.3. The molecule has 0 saturated heterocycles. The summed E-state index contributed by atoms with van der Waals surface area (Å²) in [5.74, 6) is 1.30. The Kier molecular flexibility index (Phi) is 4.39. The first kappa shape index (κ1) is 15.2. The lowest BCUT2D eigenvalue weighted by atomic mass is 10.2. The number of anilines is 1. The second kappa shape index (κ2) is 6.62. The Morgan fingerprint density at radius 2 is 1.65 bits per heavy atom. The number of nitrogens with one attached hydrogen (secondary N) is 1. The molecule has 1 aromatic heterocycles. The molecule has 0 saturated carbocycles. The molecule has 1 N–H and O–H groups in total. The van der Waals surface area contributed by atoms with Crippen molar-refractivity contribution in [2.24, 2.45) is 0 Å². The first-order valence-electron chi connectivity index (χ1n) is 7.20. The highest BCUT2D eigenvalue weighted by Crippen LogP contribution is 2.23. The summed E-state index contributed by atoms with van der Waals surface area (Å²) in [7, 11) is 0. The zero-order valence-corrected chi connectivity index (χ0v) is 13.7. The molecule has 1 amide bonds. The molecule has 2 aromatic carbocycles. The van der Waals surface area contributed by atoms with Crippen LogP contribution in [0, 0.1) is 13.8 Å². The molecule has 0 spiro atoms. The van der Waals surface area contributed by atoms with Gasteiger partial charge in [0, 0.05) is 10.6 Å². The fourth-order valence-corrected chi connectivity index (χ4v) is 2.98. The fraction of sp³-hybridized carbons (Fsp3) is 0.111. The summed E-state index contributed by atoms with van der Waals surface area (Å²) in [4.78, 5) is 17.4. The maximum atomic E-state index is 12.2. The Hall–Kier alpha value is -2.66. The molecule has 0 aliphatic carbocycles. The molecule has 0 aliphatic rings. The van der Waals surface area contributed by atoms with E-state index in [0.29, 0.717) is 11.4 Å². The summed E-state index contributed by atoms with van der Waals surface area (Å²) >= 11 is 1.52. The maximum absolute atomic E-state index is 12.2. The van der Waals surface area contributed by atoms with Crippen LogP contribution in [-0.4, -0.2) is 10.9 Å². The summed E-state index contributed by atoms with van der Waals surface area (Å²) < 4.78 is 5.72. The van der Waals surface area contributed by atoms with Gasteiger partial charge >= 0.3 is 0 Å². The van der Waals surface area contributed by atoms with Crippen molar-refractivity contribution in [3.63, 3.8) is 0 Å². The SMILES string of the molecule is Cc1nc(C(=O)Nc2ccc(Oc3ccccc3)cc2)c(C)s1. The van der Waals surface area contributed by atoms with Gasteiger partial charge in [-0.2, -0.15) is 0 Å². The Morgan fingerprint density at radius 1 is 1.00 bits per heavy atom. The van der Waals surface area contributed by atoms with Crippen molar-refractivity contribution in [1.82, 2.24) is 4.98 Å². The summed E-state index contributed by atoms with van der Waals surface area (Å²) in [6.45, 7) is 3.79. The Labute approximate surface area is 138 Å². The van der Waals surface area contributed by atoms with Crippen molar-refractivity contribution in [3.05, 3.63) is 70.2 Å². The minimum absolute atomic E-state index is 0.191. The zero-order valence-electron chi connectivity index (χ0n) is 12.9. The minimum Gasteiger partial charge on any atom is -0.457 e. The molecule has 116 valence electrons. The van der Waals surface area contributed by atoms with E-state index in [1.165, 1.54) is 11.3 Å². The number of thiazole rings is 1. The third-order valence-corrected chi connectivity index (χ3v) is 4.10. The summed E-state index contributed by atoms with van der Waals surface area (Å²) in [6, 6.07) is 16.8. The van der Waals surface area contributed by atoms with E-state index in [1.54, 1.807) is 0 Å². The molecule has 3 rings (SSSR count). The van der Waals surface area contributed by atoms with Crippen molar-refractivity contribution < 1.29 is 9.53 Å². The Balaban J connectivity index is 1.68. The highest BCUT2D eigenvalue weighted by Gasteiger charge is 2.14. The zero-order chi connectivity index (χ0) is 16.2. The number of nitrogens with zero attached hydrogens (tertiary/aromatic N) is 1. The molecular weight excluding hydrogens is 308 g/mol. The van der Waals surface area contributed by atoms with Crippen LogP contribution >= 0.6 is 11.3 Å². The largest absolute Gasteiger partial charge is 0.457 e. The van der Waals surface area contributed by atoms with Crippen LogP contribution in [0.1, 0.15) is 20.4 Å². The van der Waals surface area contributed by atoms with E-state index < -0.39 is 0 Å². The van der Waals surface area contributed by atoms with Crippen molar-refractivity contribution in [3.8, 4) is 11.5 Å². The second-order valence-electron chi connectivity index (χ2n) is 5.03. The second-order valence-corrected chi connectivity index (χ2v) is 6.44. The molecule has 1 heterocycles. The van der Waals surface area contributed by atoms with Gasteiger partial charge in [-0.3, -0.25) is 4.79 Å². The number of carbonyl (C=O) groups excluding carboxylic acids is 1. The van der Waals surface area contributed by atoms with E-state index in [1.807, 2.05) is 68.4 Å². The van der Waals surface area contributed by atoms with Crippen molar-refractivity contribution in [2.45, 2.75) is 13.8 Å². The van der Waals surface area contributed by atoms with E-state index >= 15 is 0 Å². The molecule has 0 bridgehead atoms. The average molecular weight is 324 g/mol. The molecule has 0 atom stereocenters. The Morgan fingerprint density at radius 3 is 2.26 bits per heavy atom. The lowest BCUT2D eigenvalue weighted by Gasteiger charge is -2.07. The van der Waals surface area contributed by atoms with E-state index in [2.05, 4.69) is 10.3 Å². The molecule has 0 radical (unpaired) electrons. The predicted molar refractivity (Wildman–Crippen MR) is 92.5 cm³/mol. The van der Waals surface area contributed by atoms with Crippen LogP contribution in [0.15, 0.2) is 54.6 Å². The van der Waals surface area contributed by atoms with Gasteiger partial charge in [0.05, 0.1) is 5.01 Å². The topological polar surface area (TPSA) is 51.2 Å². The number of para-hydroxylation sites is 1. The molecule has 4 nitrogen and oxygen atoms in total. The number of aromatic nitrogens is 1. The highest BCUT2D eigenvalue weighted by molar-refractivity contribution is 7.11. The number of benzene rings is 2. The van der Waals surface area contributed by atoms with E-state index in [-0.39, 0.29) is 5.91 Å². The average Bonchev–Trinajstić information content (AvgIpc) is 2.89. The van der Waals surface area contributed by atoms with Crippen LogP contribution in [-0.2, 0) is 0 Å². The molecule has 0 aliphatic heterocycles. The van der Waals surface area contributed by atoms with E-state index in [9.17, 15) is 4.79 Å². The third-order valence-electron chi connectivity index (χ3n) is 3.21.